The Bertz CT molecular complexity index is 243. The molecular formula is C12H22N2OS. The van der Waals surface area contributed by atoms with Crippen molar-refractivity contribution in [2.24, 2.45) is 5.92 Å². The third kappa shape index (κ3) is 3.14. The van der Waals surface area contributed by atoms with Crippen LogP contribution in [0.15, 0.2) is 0 Å². The van der Waals surface area contributed by atoms with Gasteiger partial charge >= 0.3 is 0 Å². The van der Waals surface area contributed by atoms with Gasteiger partial charge in [0.15, 0.2) is 0 Å². The summed E-state index contributed by atoms with van der Waals surface area (Å²) in [5.74, 6) is 2.00. The van der Waals surface area contributed by atoms with Gasteiger partial charge < -0.3 is 10.6 Å². The van der Waals surface area contributed by atoms with Gasteiger partial charge in [0.2, 0.25) is 5.91 Å². The van der Waals surface area contributed by atoms with Gasteiger partial charge in [-0.25, -0.2) is 0 Å². The molecule has 2 unspecified atom stereocenters. The van der Waals surface area contributed by atoms with Gasteiger partial charge in [-0.1, -0.05) is 13.3 Å². The third-order valence-electron chi connectivity index (χ3n) is 3.52. The highest BCUT2D eigenvalue weighted by Gasteiger charge is 2.29. The maximum absolute atomic E-state index is 11.8. The molecule has 1 aliphatic heterocycles. The molecule has 1 saturated heterocycles. The molecule has 1 saturated carbocycles. The largest absolute Gasteiger partial charge is 0.352 e. The van der Waals surface area contributed by atoms with Crippen LogP contribution in [0.3, 0.4) is 0 Å². The van der Waals surface area contributed by atoms with Crippen molar-refractivity contribution in [1.82, 2.24) is 10.6 Å². The Morgan fingerprint density at radius 3 is 2.88 bits per heavy atom. The second kappa shape index (κ2) is 5.92. The van der Waals surface area contributed by atoms with E-state index in [2.05, 4.69) is 17.6 Å². The number of hydrogen-bond acceptors (Lipinski definition) is 3. The van der Waals surface area contributed by atoms with Crippen LogP contribution >= 0.6 is 11.8 Å². The maximum atomic E-state index is 11.8. The quantitative estimate of drug-likeness (QED) is 0.765. The Kier molecular flexibility index (Phi) is 4.53. The first kappa shape index (κ1) is 12.2. The molecule has 0 aromatic carbocycles. The van der Waals surface area contributed by atoms with E-state index in [0.717, 1.165) is 18.8 Å². The molecule has 1 heterocycles. The summed E-state index contributed by atoms with van der Waals surface area (Å²) in [5.41, 5.74) is 0. The molecule has 16 heavy (non-hydrogen) atoms. The van der Waals surface area contributed by atoms with Crippen molar-refractivity contribution < 1.29 is 4.79 Å². The van der Waals surface area contributed by atoms with Gasteiger partial charge in [0.1, 0.15) is 0 Å². The summed E-state index contributed by atoms with van der Waals surface area (Å²) in [6.45, 7) is 4.23. The zero-order valence-electron chi connectivity index (χ0n) is 10.00. The van der Waals surface area contributed by atoms with Crippen LogP contribution in [0, 0.1) is 5.92 Å². The summed E-state index contributed by atoms with van der Waals surface area (Å²) in [4.78, 5) is 11.8. The minimum absolute atomic E-state index is 0.264. The molecule has 2 rings (SSSR count). The number of carbonyl (C=O) groups is 1. The standard InChI is InChI=1S/C12H22N2OS/c1-2-16-11-5-3-4-10(11)14-12(15)6-9-7-13-8-9/h9-11,13H,2-8H2,1H3,(H,14,15). The monoisotopic (exact) mass is 242 g/mol. The lowest BCUT2D eigenvalue weighted by molar-refractivity contribution is -0.123. The summed E-state index contributed by atoms with van der Waals surface area (Å²) in [6.07, 6.45) is 4.43. The summed E-state index contributed by atoms with van der Waals surface area (Å²) >= 11 is 2.00. The molecule has 2 N–H and O–H groups in total. The third-order valence-corrected chi connectivity index (χ3v) is 4.85. The highest BCUT2D eigenvalue weighted by molar-refractivity contribution is 7.99. The molecule has 0 aromatic heterocycles. The Morgan fingerprint density at radius 1 is 1.44 bits per heavy atom. The van der Waals surface area contributed by atoms with Gasteiger partial charge in [-0.05, 0) is 37.6 Å². The van der Waals surface area contributed by atoms with Crippen LogP contribution in [-0.2, 0) is 4.79 Å². The lowest BCUT2D eigenvalue weighted by Gasteiger charge is -2.27. The van der Waals surface area contributed by atoms with Gasteiger partial charge in [-0.2, -0.15) is 11.8 Å². The van der Waals surface area contributed by atoms with E-state index in [0.29, 0.717) is 23.6 Å². The van der Waals surface area contributed by atoms with E-state index in [4.69, 9.17) is 0 Å². The molecule has 0 spiro atoms. The zero-order valence-corrected chi connectivity index (χ0v) is 10.8. The molecule has 1 aliphatic carbocycles. The summed E-state index contributed by atoms with van der Waals surface area (Å²) in [6, 6.07) is 0.436. The summed E-state index contributed by atoms with van der Waals surface area (Å²) < 4.78 is 0. The molecule has 0 bridgehead atoms. The maximum Gasteiger partial charge on any atom is 0.220 e. The van der Waals surface area contributed by atoms with Gasteiger partial charge in [-0.3, -0.25) is 4.79 Å². The van der Waals surface area contributed by atoms with Gasteiger partial charge in [-0.15, -0.1) is 0 Å². The number of rotatable bonds is 5. The van der Waals surface area contributed by atoms with Crippen molar-refractivity contribution in [3.63, 3.8) is 0 Å². The van der Waals surface area contributed by atoms with Gasteiger partial charge in [0.05, 0.1) is 0 Å². The van der Waals surface area contributed by atoms with Gasteiger partial charge in [0.25, 0.3) is 0 Å². The number of carbonyl (C=O) groups excluding carboxylic acids is 1. The molecule has 1 amide bonds. The second-order valence-electron chi connectivity index (χ2n) is 4.83. The predicted octanol–water partition coefficient (Wildman–Crippen LogP) is 1.39. The van der Waals surface area contributed by atoms with E-state index in [-0.39, 0.29) is 5.91 Å². The van der Waals surface area contributed by atoms with Crippen molar-refractivity contribution in [3.05, 3.63) is 0 Å². The molecule has 92 valence electrons. The average Bonchev–Trinajstić information content (AvgIpc) is 2.60. The first-order valence-corrected chi connectivity index (χ1v) is 7.46. The van der Waals surface area contributed by atoms with E-state index in [1.807, 2.05) is 11.8 Å². The van der Waals surface area contributed by atoms with E-state index in [9.17, 15) is 4.79 Å². The summed E-state index contributed by atoms with van der Waals surface area (Å²) in [7, 11) is 0. The number of nitrogens with one attached hydrogen (secondary N) is 2. The molecule has 4 heteroatoms. The Morgan fingerprint density at radius 2 is 2.25 bits per heavy atom. The molecule has 3 nitrogen and oxygen atoms in total. The molecule has 2 atom stereocenters. The van der Waals surface area contributed by atoms with Crippen molar-refractivity contribution in [3.8, 4) is 0 Å². The van der Waals surface area contributed by atoms with Crippen LogP contribution in [0.4, 0.5) is 0 Å². The minimum Gasteiger partial charge on any atom is -0.352 e. The molecular weight excluding hydrogens is 220 g/mol. The highest BCUT2D eigenvalue weighted by Crippen LogP contribution is 2.30. The topological polar surface area (TPSA) is 41.1 Å². The second-order valence-corrected chi connectivity index (χ2v) is 6.34. The fourth-order valence-electron chi connectivity index (χ4n) is 2.53. The van der Waals surface area contributed by atoms with Crippen molar-refractivity contribution in [2.45, 2.75) is 43.9 Å². The minimum atomic E-state index is 0.264. The van der Waals surface area contributed by atoms with Crippen LogP contribution in [0.1, 0.15) is 32.6 Å². The zero-order chi connectivity index (χ0) is 11.4. The van der Waals surface area contributed by atoms with Crippen molar-refractivity contribution >= 4 is 17.7 Å². The summed E-state index contributed by atoms with van der Waals surface area (Å²) in [5, 5.41) is 7.09. The average molecular weight is 242 g/mol. The predicted molar refractivity (Wildman–Crippen MR) is 68.7 cm³/mol. The Balaban J connectivity index is 1.72. The molecule has 0 aromatic rings. The van der Waals surface area contributed by atoms with Crippen LogP contribution in [-0.4, -0.2) is 36.0 Å². The van der Waals surface area contributed by atoms with E-state index < -0.39 is 0 Å². The number of amides is 1. The number of hydrogen-bond donors (Lipinski definition) is 2. The van der Waals surface area contributed by atoms with Crippen molar-refractivity contribution in [2.75, 3.05) is 18.8 Å². The first-order valence-electron chi connectivity index (χ1n) is 6.41. The SMILES string of the molecule is CCSC1CCCC1NC(=O)CC1CNC1. The van der Waals surface area contributed by atoms with Gasteiger partial charge in [0, 0.05) is 17.7 Å². The lowest BCUT2D eigenvalue weighted by atomic mass is 9.99. The van der Waals surface area contributed by atoms with Crippen LogP contribution in [0.25, 0.3) is 0 Å². The van der Waals surface area contributed by atoms with Crippen LogP contribution < -0.4 is 10.6 Å². The van der Waals surface area contributed by atoms with E-state index >= 15 is 0 Å². The van der Waals surface area contributed by atoms with Crippen molar-refractivity contribution in [1.29, 1.82) is 0 Å². The molecule has 0 radical (unpaired) electrons. The Hall–Kier alpha value is -0.220. The smallest absolute Gasteiger partial charge is 0.220 e. The number of thioether (sulfide) groups is 1. The van der Waals surface area contributed by atoms with Crippen LogP contribution in [0.5, 0.6) is 0 Å². The first-order chi connectivity index (χ1) is 7.79. The van der Waals surface area contributed by atoms with E-state index in [1.54, 1.807) is 0 Å². The fourth-order valence-corrected chi connectivity index (χ4v) is 3.72. The van der Waals surface area contributed by atoms with Crippen LogP contribution in [0.2, 0.25) is 0 Å². The fraction of sp³-hybridized carbons (Fsp3) is 0.917. The Labute approximate surface area is 102 Å². The molecule has 2 aliphatic rings. The lowest BCUT2D eigenvalue weighted by Crippen LogP contribution is -2.46. The highest BCUT2D eigenvalue weighted by atomic mass is 32.2. The molecule has 2 fully saturated rings. The normalized spacial score (nSPS) is 30.1. The van der Waals surface area contributed by atoms with E-state index in [1.165, 1.54) is 19.3 Å².